The number of nitrogens with one attached hydrogen (secondary N) is 1. The molecule has 1 N–H and O–H groups in total. The second-order valence-electron chi connectivity index (χ2n) is 3.32. The van der Waals surface area contributed by atoms with E-state index >= 15 is 0 Å². The van der Waals surface area contributed by atoms with Gasteiger partial charge in [-0.3, -0.25) is 9.59 Å². The molecule has 0 saturated carbocycles. The smallest absolute Gasteiger partial charge is 0.326 e. The third kappa shape index (κ3) is 2.27. The van der Waals surface area contributed by atoms with Gasteiger partial charge in [0.15, 0.2) is 5.41 Å². The second kappa shape index (κ2) is 5.09. The Bertz CT molecular complexity index is 249. The standard InChI is InChI=1S/C9H15NO5/c1-13-4-3-10-7(11)9(5-15-6-9)8(12)14-2/h3-6H2,1-2H3,(H,10,11). The zero-order valence-electron chi connectivity index (χ0n) is 8.87. The molecule has 1 heterocycles. The maximum absolute atomic E-state index is 11.7. The maximum atomic E-state index is 11.7. The van der Waals surface area contributed by atoms with Crippen molar-refractivity contribution in [2.75, 3.05) is 40.6 Å². The summed E-state index contributed by atoms with van der Waals surface area (Å²) in [5.41, 5.74) is -1.15. The van der Waals surface area contributed by atoms with Crippen LogP contribution in [0.4, 0.5) is 0 Å². The summed E-state index contributed by atoms with van der Waals surface area (Å²) in [4.78, 5) is 23.1. The molecule has 0 aliphatic carbocycles. The highest BCUT2D eigenvalue weighted by Gasteiger charge is 2.53. The van der Waals surface area contributed by atoms with Crippen molar-refractivity contribution in [1.82, 2.24) is 5.32 Å². The quantitative estimate of drug-likeness (QED) is 0.361. The third-order valence-corrected chi connectivity index (χ3v) is 2.30. The average molecular weight is 217 g/mol. The summed E-state index contributed by atoms with van der Waals surface area (Å²) in [5, 5.41) is 2.60. The van der Waals surface area contributed by atoms with Crippen LogP contribution >= 0.6 is 0 Å². The molecular weight excluding hydrogens is 202 g/mol. The molecular formula is C9H15NO5. The summed E-state index contributed by atoms with van der Waals surface area (Å²) in [6, 6.07) is 0. The fraction of sp³-hybridized carbons (Fsp3) is 0.778. The molecule has 1 amide bonds. The van der Waals surface area contributed by atoms with Gasteiger partial charge in [-0.1, -0.05) is 0 Å². The summed E-state index contributed by atoms with van der Waals surface area (Å²) < 4.78 is 14.3. The van der Waals surface area contributed by atoms with Crippen LogP contribution in [0.5, 0.6) is 0 Å². The Morgan fingerprint density at radius 2 is 2.07 bits per heavy atom. The molecule has 1 aliphatic heterocycles. The van der Waals surface area contributed by atoms with Crippen LogP contribution in [0.25, 0.3) is 0 Å². The fourth-order valence-electron chi connectivity index (χ4n) is 1.28. The summed E-state index contributed by atoms with van der Waals surface area (Å²) >= 11 is 0. The van der Waals surface area contributed by atoms with E-state index in [1.165, 1.54) is 14.2 Å². The van der Waals surface area contributed by atoms with Crippen molar-refractivity contribution in [3.63, 3.8) is 0 Å². The molecule has 0 atom stereocenters. The largest absolute Gasteiger partial charge is 0.468 e. The van der Waals surface area contributed by atoms with Gasteiger partial charge in [0.25, 0.3) is 0 Å². The Balaban J connectivity index is 2.50. The first-order valence-corrected chi connectivity index (χ1v) is 4.61. The van der Waals surface area contributed by atoms with Crippen molar-refractivity contribution >= 4 is 11.9 Å². The molecule has 6 heteroatoms. The van der Waals surface area contributed by atoms with Gasteiger partial charge in [-0.25, -0.2) is 0 Å². The molecule has 1 aliphatic rings. The first-order valence-electron chi connectivity index (χ1n) is 4.61. The first-order chi connectivity index (χ1) is 7.17. The molecule has 0 unspecified atom stereocenters. The highest BCUT2D eigenvalue weighted by molar-refractivity contribution is 6.03. The Morgan fingerprint density at radius 3 is 2.47 bits per heavy atom. The molecule has 6 nitrogen and oxygen atoms in total. The molecule has 0 aromatic rings. The third-order valence-electron chi connectivity index (χ3n) is 2.30. The van der Waals surface area contributed by atoms with Gasteiger partial charge < -0.3 is 19.5 Å². The van der Waals surface area contributed by atoms with E-state index in [2.05, 4.69) is 10.1 Å². The number of amides is 1. The minimum absolute atomic E-state index is 0.0818. The zero-order chi connectivity index (χ0) is 11.3. The monoisotopic (exact) mass is 217 g/mol. The molecule has 1 saturated heterocycles. The van der Waals surface area contributed by atoms with Crippen molar-refractivity contribution in [3.05, 3.63) is 0 Å². The lowest BCUT2D eigenvalue weighted by Crippen LogP contribution is -2.59. The van der Waals surface area contributed by atoms with Crippen LogP contribution in [-0.4, -0.2) is 52.5 Å². The van der Waals surface area contributed by atoms with Gasteiger partial charge in [-0.15, -0.1) is 0 Å². The van der Waals surface area contributed by atoms with Crippen LogP contribution in [0, 0.1) is 5.41 Å². The molecule has 1 rings (SSSR count). The van der Waals surface area contributed by atoms with E-state index in [-0.39, 0.29) is 19.1 Å². The van der Waals surface area contributed by atoms with E-state index in [1.807, 2.05) is 0 Å². The summed E-state index contributed by atoms with van der Waals surface area (Å²) in [7, 11) is 2.79. The number of hydrogen-bond donors (Lipinski definition) is 1. The average Bonchev–Trinajstić information content (AvgIpc) is 2.16. The van der Waals surface area contributed by atoms with E-state index < -0.39 is 11.4 Å². The summed E-state index contributed by atoms with van der Waals surface area (Å²) in [5.74, 6) is -0.915. The summed E-state index contributed by atoms with van der Waals surface area (Å²) in [6.45, 7) is 0.939. The van der Waals surface area contributed by atoms with Gasteiger partial charge in [0.05, 0.1) is 26.9 Å². The van der Waals surface area contributed by atoms with E-state index in [4.69, 9.17) is 9.47 Å². The highest BCUT2D eigenvalue weighted by atomic mass is 16.5. The van der Waals surface area contributed by atoms with Gasteiger partial charge in [-0.05, 0) is 0 Å². The molecule has 86 valence electrons. The van der Waals surface area contributed by atoms with Crippen molar-refractivity contribution in [2.24, 2.45) is 5.41 Å². The second-order valence-corrected chi connectivity index (χ2v) is 3.32. The van der Waals surface area contributed by atoms with Gasteiger partial charge in [0.1, 0.15) is 0 Å². The maximum Gasteiger partial charge on any atom is 0.326 e. The van der Waals surface area contributed by atoms with Gasteiger partial charge in [-0.2, -0.15) is 0 Å². The van der Waals surface area contributed by atoms with E-state index in [0.29, 0.717) is 13.2 Å². The van der Waals surface area contributed by atoms with Gasteiger partial charge in [0, 0.05) is 13.7 Å². The Hall–Kier alpha value is -1.14. The van der Waals surface area contributed by atoms with E-state index in [9.17, 15) is 9.59 Å². The fourth-order valence-corrected chi connectivity index (χ4v) is 1.28. The van der Waals surface area contributed by atoms with Crippen LogP contribution in [0.3, 0.4) is 0 Å². The molecule has 1 fully saturated rings. The molecule has 0 aromatic heterocycles. The first kappa shape index (κ1) is 11.9. The number of esters is 1. The Morgan fingerprint density at radius 1 is 1.40 bits per heavy atom. The van der Waals surface area contributed by atoms with Crippen LogP contribution in [0.1, 0.15) is 0 Å². The zero-order valence-corrected chi connectivity index (χ0v) is 8.87. The molecule has 15 heavy (non-hydrogen) atoms. The van der Waals surface area contributed by atoms with Crippen LogP contribution < -0.4 is 5.32 Å². The molecule has 0 radical (unpaired) electrons. The van der Waals surface area contributed by atoms with Crippen molar-refractivity contribution < 1.29 is 23.8 Å². The predicted molar refractivity (Wildman–Crippen MR) is 50.2 cm³/mol. The lowest BCUT2D eigenvalue weighted by Gasteiger charge is -2.36. The number of hydrogen-bond acceptors (Lipinski definition) is 5. The van der Waals surface area contributed by atoms with Crippen molar-refractivity contribution in [1.29, 1.82) is 0 Å². The lowest BCUT2D eigenvalue weighted by molar-refractivity contribution is -0.188. The van der Waals surface area contributed by atoms with Crippen LogP contribution in [0.15, 0.2) is 0 Å². The number of carbonyl (C=O) groups is 2. The van der Waals surface area contributed by atoms with E-state index in [1.54, 1.807) is 0 Å². The molecule has 0 bridgehead atoms. The van der Waals surface area contributed by atoms with Crippen LogP contribution in [0.2, 0.25) is 0 Å². The predicted octanol–water partition coefficient (Wildman–Crippen LogP) is -1.06. The topological polar surface area (TPSA) is 73.9 Å². The SMILES string of the molecule is COCCNC(=O)C1(C(=O)OC)COC1. The number of rotatable bonds is 5. The Labute approximate surface area is 87.9 Å². The highest BCUT2D eigenvalue weighted by Crippen LogP contribution is 2.29. The minimum Gasteiger partial charge on any atom is -0.468 e. The molecule has 0 spiro atoms. The van der Waals surface area contributed by atoms with E-state index in [0.717, 1.165) is 0 Å². The number of carbonyl (C=O) groups excluding carboxylic acids is 2. The van der Waals surface area contributed by atoms with Crippen molar-refractivity contribution in [3.8, 4) is 0 Å². The minimum atomic E-state index is -1.15. The number of ether oxygens (including phenoxy) is 3. The normalized spacial score (nSPS) is 17.7. The van der Waals surface area contributed by atoms with Gasteiger partial charge >= 0.3 is 5.97 Å². The molecule has 0 aromatic carbocycles. The summed E-state index contributed by atoms with van der Waals surface area (Å²) in [6.07, 6.45) is 0. The van der Waals surface area contributed by atoms with Crippen LogP contribution in [-0.2, 0) is 23.8 Å². The lowest BCUT2D eigenvalue weighted by atomic mass is 9.85. The number of methoxy groups -OCH3 is 2. The van der Waals surface area contributed by atoms with Gasteiger partial charge in [0.2, 0.25) is 5.91 Å². The van der Waals surface area contributed by atoms with Crippen molar-refractivity contribution in [2.45, 2.75) is 0 Å². The Kier molecular flexibility index (Phi) is 4.05.